The van der Waals surface area contributed by atoms with Crippen molar-refractivity contribution in [2.75, 3.05) is 18.1 Å². The van der Waals surface area contributed by atoms with Crippen LogP contribution in [0.15, 0.2) is 0 Å². The molecule has 5 heteroatoms. The van der Waals surface area contributed by atoms with E-state index in [1.165, 1.54) is 0 Å². The van der Waals surface area contributed by atoms with Gasteiger partial charge in [-0.3, -0.25) is 9.69 Å². The second-order valence-electron chi connectivity index (χ2n) is 6.26. The fraction of sp³-hybridized carbons (Fsp3) is 0.688. The van der Waals surface area contributed by atoms with Crippen molar-refractivity contribution in [3.05, 3.63) is 17.1 Å². The maximum Gasteiger partial charge on any atom is 0.228 e. The molecular formula is C16H23N3O2. The third kappa shape index (κ3) is 2.79. The first-order chi connectivity index (χ1) is 10.1. The molecule has 1 unspecified atom stereocenters. The quantitative estimate of drug-likeness (QED) is 0.857. The van der Waals surface area contributed by atoms with Crippen LogP contribution in [-0.2, 0) is 16.0 Å². The van der Waals surface area contributed by atoms with Crippen molar-refractivity contribution in [1.29, 1.82) is 0 Å². The SMILES string of the molecule is Cc1nc(C(C)C)nc2c1CCC(=O)N2CC1CCCO1. The van der Waals surface area contributed by atoms with E-state index < -0.39 is 0 Å². The van der Waals surface area contributed by atoms with Gasteiger partial charge in [-0.1, -0.05) is 13.8 Å². The number of fused-ring (bicyclic) bond motifs is 1. The Morgan fingerprint density at radius 3 is 2.81 bits per heavy atom. The van der Waals surface area contributed by atoms with Crippen LogP contribution in [0.1, 0.15) is 56.1 Å². The van der Waals surface area contributed by atoms with E-state index in [-0.39, 0.29) is 17.9 Å². The van der Waals surface area contributed by atoms with E-state index in [9.17, 15) is 4.79 Å². The molecule has 0 N–H and O–H groups in total. The van der Waals surface area contributed by atoms with Gasteiger partial charge in [0.05, 0.1) is 12.6 Å². The van der Waals surface area contributed by atoms with Gasteiger partial charge in [0, 0.05) is 30.2 Å². The summed E-state index contributed by atoms with van der Waals surface area (Å²) in [6.07, 6.45) is 3.56. The summed E-state index contributed by atoms with van der Waals surface area (Å²) in [5, 5.41) is 0. The maximum atomic E-state index is 12.3. The molecular weight excluding hydrogens is 266 g/mol. The average Bonchev–Trinajstić information content (AvgIpc) is 2.94. The zero-order valence-corrected chi connectivity index (χ0v) is 13.1. The summed E-state index contributed by atoms with van der Waals surface area (Å²) in [6.45, 7) is 7.61. The molecule has 2 aliphatic rings. The molecule has 0 aliphatic carbocycles. The molecule has 0 bridgehead atoms. The predicted molar refractivity (Wildman–Crippen MR) is 80.5 cm³/mol. The number of nitrogens with zero attached hydrogens (tertiary/aromatic N) is 3. The Balaban J connectivity index is 1.96. The highest BCUT2D eigenvalue weighted by Gasteiger charge is 2.31. The topological polar surface area (TPSA) is 55.3 Å². The Kier molecular flexibility index (Phi) is 3.93. The van der Waals surface area contributed by atoms with Crippen molar-refractivity contribution in [2.24, 2.45) is 0 Å². The van der Waals surface area contributed by atoms with Crippen LogP contribution in [0.2, 0.25) is 0 Å². The third-order valence-electron chi connectivity index (χ3n) is 4.28. The molecule has 0 radical (unpaired) electrons. The molecule has 0 aromatic carbocycles. The molecule has 0 saturated carbocycles. The molecule has 1 atom stereocenters. The summed E-state index contributed by atoms with van der Waals surface area (Å²) in [6, 6.07) is 0. The van der Waals surface area contributed by atoms with E-state index in [1.54, 1.807) is 0 Å². The van der Waals surface area contributed by atoms with Gasteiger partial charge in [-0.15, -0.1) is 0 Å². The summed E-state index contributed by atoms with van der Waals surface area (Å²) >= 11 is 0. The van der Waals surface area contributed by atoms with Crippen molar-refractivity contribution in [3.8, 4) is 0 Å². The van der Waals surface area contributed by atoms with Gasteiger partial charge in [-0.25, -0.2) is 9.97 Å². The van der Waals surface area contributed by atoms with Crippen molar-refractivity contribution < 1.29 is 9.53 Å². The highest BCUT2D eigenvalue weighted by atomic mass is 16.5. The van der Waals surface area contributed by atoms with Gasteiger partial charge in [0.15, 0.2) is 0 Å². The lowest BCUT2D eigenvalue weighted by atomic mass is 10.0. The van der Waals surface area contributed by atoms with Crippen LogP contribution in [0, 0.1) is 6.92 Å². The Bertz CT molecular complexity index is 551. The minimum absolute atomic E-state index is 0.151. The van der Waals surface area contributed by atoms with Gasteiger partial charge in [-0.2, -0.15) is 0 Å². The van der Waals surface area contributed by atoms with Crippen molar-refractivity contribution >= 4 is 11.7 Å². The molecule has 3 heterocycles. The summed E-state index contributed by atoms with van der Waals surface area (Å²) in [7, 11) is 0. The van der Waals surface area contributed by atoms with Crippen LogP contribution in [0.5, 0.6) is 0 Å². The number of anilines is 1. The van der Waals surface area contributed by atoms with Crippen LogP contribution in [0.25, 0.3) is 0 Å². The van der Waals surface area contributed by atoms with Crippen molar-refractivity contribution in [1.82, 2.24) is 9.97 Å². The lowest BCUT2D eigenvalue weighted by Crippen LogP contribution is -2.41. The Hall–Kier alpha value is -1.49. The van der Waals surface area contributed by atoms with E-state index >= 15 is 0 Å². The van der Waals surface area contributed by atoms with Crippen LogP contribution in [0.4, 0.5) is 5.82 Å². The molecule has 1 fully saturated rings. The first-order valence-electron chi connectivity index (χ1n) is 7.85. The molecule has 3 rings (SSSR count). The molecule has 1 saturated heterocycles. The molecule has 1 aromatic rings. The molecule has 21 heavy (non-hydrogen) atoms. The molecule has 5 nitrogen and oxygen atoms in total. The second-order valence-corrected chi connectivity index (χ2v) is 6.26. The van der Waals surface area contributed by atoms with Crippen molar-refractivity contribution in [3.63, 3.8) is 0 Å². The molecule has 0 spiro atoms. The number of aromatic nitrogens is 2. The van der Waals surface area contributed by atoms with E-state index in [0.29, 0.717) is 13.0 Å². The smallest absolute Gasteiger partial charge is 0.228 e. The van der Waals surface area contributed by atoms with Gasteiger partial charge in [0.1, 0.15) is 11.6 Å². The van der Waals surface area contributed by atoms with E-state index in [4.69, 9.17) is 4.74 Å². The Morgan fingerprint density at radius 2 is 2.14 bits per heavy atom. The fourth-order valence-electron chi connectivity index (χ4n) is 3.04. The second kappa shape index (κ2) is 5.72. The minimum atomic E-state index is 0.151. The zero-order valence-electron chi connectivity index (χ0n) is 13.1. The summed E-state index contributed by atoms with van der Waals surface area (Å²) in [5.41, 5.74) is 2.13. The Morgan fingerprint density at radius 1 is 1.33 bits per heavy atom. The number of carbonyl (C=O) groups is 1. The number of amides is 1. The van der Waals surface area contributed by atoms with Gasteiger partial charge < -0.3 is 4.74 Å². The van der Waals surface area contributed by atoms with E-state index in [2.05, 4.69) is 23.8 Å². The minimum Gasteiger partial charge on any atom is -0.376 e. The molecule has 1 amide bonds. The molecule has 1 aromatic heterocycles. The number of rotatable bonds is 3. The summed E-state index contributed by atoms with van der Waals surface area (Å²) in [4.78, 5) is 23.5. The molecule has 2 aliphatic heterocycles. The van der Waals surface area contributed by atoms with Gasteiger partial charge in [-0.05, 0) is 26.2 Å². The Labute approximate surface area is 125 Å². The molecule has 114 valence electrons. The third-order valence-corrected chi connectivity index (χ3v) is 4.28. The first-order valence-corrected chi connectivity index (χ1v) is 7.85. The van der Waals surface area contributed by atoms with Crippen LogP contribution < -0.4 is 4.90 Å². The highest BCUT2D eigenvalue weighted by molar-refractivity contribution is 5.95. The zero-order chi connectivity index (χ0) is 15.0. The summed E-state index contributed by atoms with van der Waals surface area (Å²) in [5.74, 6) is 2.05. The first kappa shape index (κ1) is 14.4. The largest absolute Gasteiger partial charge is 0.376 e. The van der Waals surface area contributed by atoms with Crippen LogP contribution in [0.3, 0.4) is 0 Å². The lowest BCUT2D eigenvalue weighted by molar-refractivity contribution is -0.119. The highest BCUT2D eigenvalue weighted by Crippen LogP contribution is 2.30. The number of carbonyl (C=O) groups excluding carboxylic acids is 1. The standard InChI is InChI=1S/C16H23N3O2/c1-10(2)15-17-11(3)13-6-7-14(20)19(16(13)18-15)9-12-5-4-8-21-12/h10,12H,4-9H2,1-3H3. The number of hydrogen-bond donors (Lipinski definition) is 0. The lowest BCUT2D eigenvalue weighted by Gasteiger charge is -2.31. The van der Waals surface area contributed by atoms with Gasteiger partial charge in [0.25, 0.3) is 0 Å². The van der Waals surface area contributed by atoms with E-state index in [0.717, 1.165) is 48.8 Å². The van der Waals surface area contributed by atoms with Gasteiger partial charge in [0.2, 0.25) is 5.91 Å². The predicted octanol–water partition coefficient (Wildman–Crippen LogP) is 2.37. The van der Waals surface area contributed by atoms with E-state index in [1.807, 2.05) is 11.8 Å². The fourth-order valence-corrected chi connectivity index (χ4v) is 3.04. The summed E-state index contributed by atoms with van der Waals surface area (Å²) < 4.78 is 5.69. The average molecular weight is 289 g/mol. The number of ether oxygens (including phenoxy) is 1. The van der Waals surface area contributed by atoms with Crippen molar-refractivity contribution in [2.45, 2.75) is 58.5 Å². The van der Waals surface area contributed by atoms with Gasteiger partial charge >= 0.3 is 0 Å². The number of aryl methyl sites for hydroxylation is 1. The van der Waals surface area contributed by atoms with Crippen LogP contribution in [-0.4, -0.2) is 35.1 Å². The monoisotopic (exact) mass is 289 g/mol. The number of hydrogen-bond acceptors (Lipinski definition) is 4. The maximum absolute atomic E-state index is 12.3. The van der Waals surface area contributed by atoms with Crippen LogP contribution >= 0.6 is 0 Å². The normalized spacial score (nSPS) is 22.0.